The van der Waals surface area contributed by atoms with Gasteiger partial charge in [-0.3, -0.25) is 0 Å². The van der Waals surface area contributed by atoms with E-state index in [1.54, 1.807) is 0 Å². The maximum Gasteiger partial charge on any atom is 0.242 e. The molecule has 0 saturated heterocycles. The molecular weight excluding hydrogens is 200 g/mol. The van der Waals surface area contributed by atoms with Gasteiger partial charge in [0.15, 0.2) is 0 Å². The van der Waals surface area contributed by atoms with Crippen molar-refractivity contribution in [1.29, 1.82) is 0 Å². The Labute approximate surface area is 93.9 Å². The van der Waals surface area contributed by atoms with Crippen molar-refractivity contribution in [3.05, 3.63) is 35.9 Å². The van der Waals surface area contributed by atoms with Crippen LogP contribution in [0.4, 0.5) is 0 Å². The normalized spacial score (nSPS) is 12.7. The quantitative estimate of drug-likeness (QED) is 0.695. The molecule has 0 heterocycles. The predicted molar refractivity (Wildman–Crippen MR) is 68.4 cm³/mol. The van der Waals surface area contributed by atoms with E-state index in [9.17, 15) is 0 Å². The minimum absolute atomic E-state index is 0.974. The predicted octanol–water partition coefficient (Wildman–Crippen LogP) is 4.13. The van der Waals surface area contributed by atoms with Gasteiger partial charge in [0.05, 0.1) is 0 Å². The summed E-state index contributed by atoms with van der Waals surface area (Å²) in [5, 5.41) is 0. The monoisotopic (exact) mass is 219 g/mol. The summed E-state index contributed by atoms with van der Waals surface area (Å²) in [6.45, 7) is 10.6. The van der Waals surface area contributed by atoms with Crippen LogP contribution in [0.25, 0.3) is 5.57 Å². The maximum absolute atomic E-state index is 5.88. The lowest BCUT2D eigenvalue weighted by Crippen LogP contribution is -2.29. The molecule has 0 aliphatic rings. The lowest BCUT2D eigenvalue weighted by atomic mass is 10.1. The molecule has 0 unspecified atom stereocenters. The largest absolute Gasteiger partial charge is 0.544 e. The molecule has 1 aromatic carbocycles. The second-order valence-corrected chi connectivity index (χ2v) is 9.04. The molecule has 0 bridgehead atoms. The second kappa shape index (κ2) is 4.66. The average Bonchev–Trinajstić information content (AvgIpc) is 2.15. The van der Waals surface area contributed by atoms with E-state index in [1.807, 2.05) is 19.1 Å². The third kappa shape index (κ3) is 3.92. The van der Waals surface area contributed by atoms with E-state index in [0.717, 1.165) is 5.75 Å². The fourth-order valence-corrected chi connectivity index (χ4v) is 2.11. The average molecular weight is 219 g/mol. The molecular formula is C13H19OSi. The van der Waals surface area contributed by atoms with Crippen molar-refractivity contribution in [2.24, 2.45) is 0 Å². The molecule has 2 heteroatoms. The molecule has 0 spiro atoms. The van der Waals surface area contributed by atoms with Gasteiger partial charge >= 0.3 is 0 Å². The van der Waals surface area contributed by atoms with Gasteiger partial charge in [-0.25, -0.2) is 0 Å². The highest BCUT2D eigenvalue weighted by molar-refractivity contribution is 6.70. The number of rotatable bonds is 3. The van der Waals surface area contributed by atoms with Gasteiger partial charge < -0.3 is 4.43 Å². The molecule has 1 radical (unpaired) electrons. The molecule has 15 heavy (non-hydrogen) atoms. The van der Waals surface area contributed by atoms with Gasteiger partial charge in [0.25, 0.3) is 0 Å². The molecule has 0 amide bonds. The Balaban J connectivity index is 2.82. The summed E-state index contributed by atoms with van der Waals surface area (Å²) in [7, 11) is -1.47. The van der Waals surface area contributed by atoms with Gasteiger partial charge in [-0.2, -0.15) is 0 Å². The lowest BCUT2D eigenvalue weighted by molar-refractivity contribution is 0.557. The summed E-state index contributed by atoms with van der Waals surface area (Å²) in [5.41, 5.74) is 2.38. The zero-order valence-corrected chi connectivity index (χ0v) is 11.2. The van der Waals surface area contributed by atoms with Crippen molar-refractivity contribution < 1.29 is 4.43 Å². The molecule has 0 aliphatic carbocycles. The van der Waals surface area contributed by atoms with Crippen molar-refractivity contribution in [3.8, 4) is 5.75 Å². The van der Waals surface area contributed by atoms with Crippen LogP contribution in [0.1, 0.15) is 19.4 Å². The number of benzene rings is 1. The van der Waals surface area contributed by atoms with E-state index >= 15 is 0 Å². The first kappa shape index (κ1) is 12.0. The summed E-state index contributed by atoms with van der Waals surface area (Å²) in [5.74, 6) is 0.974. The van der Waals surface area contributed by atoms with Crippen LogP contribution >= 0.6 is 0 Å². The van der Waals surface area contributed by atoms with Gasteiger partial charge in [-0.1, -0.05) is 12.1 Å². The Bertz CT molecular complexity index is 344. The topological polar surface area (TPSA) is 9.23 Å². The summed E-state index contributed by atoms with van der Waals surface area (Å²) in [6.07, 6.45) is 3.13. The van der Waals surface area contributed by atoms with Crippen molar-refractivity contribution >= 4 is 13.9 Å². The molecule has 0 saturated carbocycles. The van der Waals surface area contributed by atoms with Crippen molar-refractivity contribution in [2.75, 3.05) is 0 Å². The molecule has 1 rings (SSSR count). The van der Waals surface area contributed by atoms with Gasteiger partial charge in [-0.15, -0.1) is 0 Å². The zero-order valence-electron chi connectivity index (χ0n) is 10.2. The van der Waals surface area contributed by atoms with Crippen molar-refractivity contribution in [3.63, 3.8) is 0 Å². The molecule has 0 atom stereocenters. The van der Waals surface area contributed by atoms with E-state index in [1.165, 1.54) is 11.1 Å². The Morgan fingerprint density at radius 3 is 2.07 bits per heavy atom. The summed E-state index contributed by atoms with van der Waals surface area (Å²) >= 11 is 0. The van der Waals surface area contributed by atoms with E-state index in [2.05, 4.69) is 44.8 Å². The number of allylic oxidation sites excluding steroid dienone is 2. The Morgan fingerprint density at radius 1 is 1.13 bits per heavy atom. The fourth-order valence-electron chi connectivity index (χ4n) is 1.27. The molecule has 0 N–H and O–H groups in total. The van der Waals surface area contributed by atoms with Gasteiger partial charge in [0.2, 0.25) is 8.32 Å². The standard InChI is InChI=1S/C13H19OSi/c1-6-11(2)12-7-9-13(10-8-12)14-15(3,4)5/h7-10H,1-5H3. The zero-order chi connectivity index (χ0) is 11.5. The van der Waals surface area contributed by atoms with Crippen LogP contribution in [-0.2, 0) is 0 Å². The first-order chi connectivity index (χ1) is 6.92. The van der Waals surface area contributed by atoms with Crippen LogP contribution in [0.2, 0.25) is 19.6 Å². The van der Waals surface area contributed by atoms with Crippen LogP contribution < -0.4 is 4.43 Å². The SMILES string of the molecule is C[C]=C(C)c1ccc(O[Si](C)(C)C)cc1. The number of hydrogen-bond donors (Lipinski definition) is 0. The van der Waals surface area contributed by atoms with Crippen LogP contribution in [0.3, 0.4) is 0 Å². The highest BCUT2D eigenvalue weighted by atomic mass is 28.4. The molecule has 0 aromatic heterocycles. The molecule has 0 fully saturated rings. The highest BCUT2D eigenvalue weighted by Gasteiger charge is 2.15. The minimum atomic E-state index is -1.47. The summed E-state index contributed by atoms with van der Waals surface area (Å²) in [4.78, 5) is 0. The van der Waals surface area contributed by atoms with Crippen LogP contribution in [-0.4, -0.2) is 8.32 Å². The maximum atomic E-state index is 5.88. The molecule has 81 valence electrons. The Hall–Kier alpha value is -1.02. The third-order valence-electron chi connectivity index (χ3n) is 2.09. The minimum Gasteiger partial charge on any atom is -0.544 e. The fraction of sp³-hybridized carbons (Fsp3) is 0.385. The van der Waals surface area contributed by atoms with Crippen molar-refractivity contribution in [2.45, 2.75) is 33.5 Å². The van der Waals surface area contributed by atoms with Crippen LogP contribution in [0, 0.1) is 6.08 Å². The van der Waals surface area contributed by atoms with Gasteiger partial charge in [0.1, 0.15) is 5.75 Å². The molecule has 0 aliphatic heterocycles. The second-order valence-electron chi connectivity index (χ2n) is 4.61. The molecule has 1 aromatic rings. The van der Waals surface area contributed by atoms with E-state index in [0.29, 0.717) is 0 Å². The van der Waals surface area contributed by atoms with Crippen LogP contribution in [0.15, 0.2) is 24.3 Å². The third-order valence-corrected chi connectivity index (χ3v) is 2.93. The smallest absolute Gasteiger partial charge is 0.242 e. The van der Waals surface area contributed by atoms with Gasteiger partial charge in [-0.05, 0) is 62.8 Å². The lowest BCUT2D eigenvalue weighted by Gasteiger charge is -2.19. The van der Waals surface area contributed by atoms with Crippen LogP contribution in [0.5, 0.6) is 5.75 Å². The van der Waals surface area contributed by atoms with E-state index in [-0.39, 0.29) is 0 Å². The van der Waals surface area contributed by atoms with E-state index < -0.39 is 8.32 Å². The Morgan fingerprint density at radius 2 is 1.67 bits per heavy atom. The van der Waals surface area contributed by atoms with Gasteiger partial charge in [0, 0.05) is 0 Å². The summed E-state index contributed by atoms with van der Waals surface area (Å²) in [6, 6.07) is 8.24. The first-order valence-electron chi connectivity index (χ1n) is 5.23. The van der Waals surface area contributed by atoms with E-state index in [4.69, 9.17) is 4.43 Å². The first-order valence-corrected chi connectivity index (χ1v) is 8.64. The number of hydrogen-bond acceptors (Lipinski definition) is 1. The molecule has 1 nitrogen and oxygen atoms in total. The Kier molecular flexibility index (Phi) is 3.75. The van der Waals surface area contributed by atoms with Crippen molar-refractivity contribution in [1.82, 2.24) is 0 Å². The highest BCUT2D eigenvalue weighted by Crippen LogP contribution is 2.20. The summed E-state index contributed by atoms with van der Waals surface area (Å²) < 4.78 is 5.88.